The van der Waals surface area contributed by atoms with Crippen LogP contribution in [0.2, 0.25) is 0 Å². The summed E-state index contributed by atoms with van der Waals surface area (Å²) < 4.78 is 13.5. The first-order valence-corrected chi connectivity index (χ1v) is 12.2. The number of tetrazole rings is 1. The summed E-state index contributed by atoms with van der Waals surface area (Å²) in [4.78, 5) is 18.4. The van der Waals surface area contributed by atoms with E-state index in [0.717, 1.165) is 48.3 Å². The van der Waals surface area contributed by atoms with E-state index < -0.39 is 0 Å². The molecule has 0 aliphatic carbocycles. The van der Waals surface area contributed by atoms with Crippen molar-refractivity contribution in [3.8, 4) is 5.75 Å². The molecule has 3 heterocycles. The van der Waals surface area contributed by atoms with Crippen LogP contribution < -0.4 is 10.3 Å². The minimum absolute atomic E-state index is 0.0525. The fourth-order valence-electron chi connectivity index (χ4n) is 4.66. The second kappa shape index (κ2) is 10.2. The highest BCUT2D eigenvalue weighted by Gasteiger charge is 2.31. The first-order chi connectivity index (χ1) is 16.3. The Labute approximate surface area is 200 Å². The average molecular weight is 469 g/mol. The summed E-state index contributed by atoms with van der Waals surface area (Å²) in [6.07, 6.45) is 3.02. The molecule has 1 aromatic carbocycles. The van der Waals surface area contributed by atoms with Gasteiger partial charge in [0, 0.05) is 36.2 Å². The van der Waals surface area contributed by atoms with Gasteiger partial charge in [-0.1, -0.05) is 6.92 Å². The van der Waals surface area contributed by atoms with Crippen molar-refractivity contribution in [2.75, 3.05) is 19.8 Å². The van der Waals surface area contributed by atoms with E-state index in [-0.39, 0.29) is 23.2 Å². The van der Waals surface area contributed by atoms with Crippen LogP contribution in [-0.2, 0) is 16.8 Å². The summed E-state index contributed by atoms with van der Waals surface area (Å²) in [5.41, 5.74) is 1.16. The van der Waals surface area contributed by atoms with Crippen LogP contribution in [-0.4, -0.2) is 56.0 Å². The molecule has 0 radical (unpaired) electrons. The summed E-state index contributed by atoms with van der Waals surface area (Å²) in [6.45, 7) is 12.9. The van der Waals surface area contributed by atoms with Gasteiger partial charge in [-0.15, -0.1) is 5.10 Å². The van der Waals surface area contributed by atoms with Crippen molar-refractivity contribution in [1.29, 1.82) is 0 Å². The highest BCUT2D eigenvalue weighted by molar-refractivity contribution is 5.80. The Morgan fingerprint density at radius 3 is 2.79 bits per heavy atom. The van der Waals surface area contributed by atoms with E-state index in [1.807, 2.05) is 35.9 Å². The van der Waals surface area contributed by atoms with Crippen LogP contribution in [0.3, 0.4) is 0 Å². The van der Waals surface area contributed by atoms with Gasteiger partial charge in [0.2, 0.25) is 0 Å². The highest BCUT2D eigenvalue weighted by atomic mass is 16.5. The van der Waals surface area contributed by atoms with Gasteiger partial charge in [0.25, 0.3) is 5.56 Å². The molecule has 9 heteroatoms. The van der Waals surface area contributed by atoms with E-state index in [9.17, 15) is 4.79 Å². The Bertz CT molecular complexity index is 1160. The Morgan fingerprint density at radius 1 is 1.29 bits per heavy atom. The highest BCUT2D eigenvalue weighted by Crippen LogP contribution is 2.29. The van der Waals surface area contributed by atoms with E-state index in [1.54, 1.807) is 0 Å². The molecular formula is C25H36N6O3. The molecule has 2 aromatic heterocycles. The van der Waals surface area contributed by atoms with Gasteiger partial charge in [0.15, 0.2) is 5.82 Å². The van der Waals surface area contributed by atoms with Gasteiger partial charge in [-0.25, -0.2) is 4.68 Å². The smallest absolute Gasteiger partial charge is 0.252 e. The molecule has 1 fully saturated rings. The normalized spacial score (nSPS) is 17.5. The lowest BCUT2D eigenvalue weighted by atomic mass is 10.1. The van der Waals surface area contributed by atoms with E-state index in [1.165, 1.54) is 0 Å². The number of aromatic amines is 1. The molecule has 1 N–H and O–H groups in total. The molecule has 4 rings (SSSR count). The Balaban J connectivity index is 1.71. The molecule has 1 saturated heterocycles. The first kappa shape index (κ1) is 24.3. The van der Waals surface area contributed by atoms with Crippen LogP contribution in [0.15, 0.2) is 29.1 Å². The average Bonchev–Trinajstić information content (AvgIpc) is 3.47. The van der Waals surface area contributed by atoms with Crippen molar-refractivity contribution >= 4 is 10.9 Å². The van der Waals surface area contributed by atoms with Crippen molar-refractivity contribution in [3.05, 3.63) is 46.0 Å². The number of pyridine rings is 1. The number of aromatic nitrogens is 5. The van der Waals surface area contributed by atoms with Crippen molar-refractivity contribution in [2.24, 2.45) is 0 Å². The zero-order valence-electron chi connectivity index (χ0n) is 20.9. The number of hydrogen-bond donors (Lipinski definition) is 1. The second-order valence-corrected chi connectivity index (χ2v) is 9.91. The van der Waals surface area contributed by atoms with E-state index in [0.29, 0.717) is 25.3 Å². The van der Waals surface area contributed by atoms with Gasteiger partial charge in [-0.2, -0.15) is 0 Å². The van der Waals surface area contributed by atoms with Gasteiger partial charge in [0.1, 0.15) is 5.75 Å². The Morgan fingerprint density at radius 2 is 2.12 bits per heavy atom. The number of ether oxygens (including phenoxy) is 2. The van der Waals surface area contributed by atoms with E-state index >= 15 is 0 Å². The largest absolute Gasteiger partial charge is 0.494 e. The lowest BCUT2D eigenvalue weighted by Crippen LogP contribution is -2.39. The van der Waals surface area contributed by atoms with Gasteiger partial charge in [-0.05, 0) is 81.6 Å². The number of benzene rings is 1. The number of nitrogens with one attached hydrogen (secondary N) is 1. The number of hydrogen-bond acceptors (Lipinski definition) is 7. The monoisotopic (exact) mass is 468 g/mol. The number of nitrogens with zero attached hydrogens (tertiary/aromatic N) is 5. The van der Waals surface area contributed by atoms with Gasteiger partial charge in [0.05, 0.1) is 24.3 Å². The molecule has 1 aliphatic heterocycles. The third-order valence-electron chi connectivity index (χ3n) is 6.29. The van der Waals surface area contributed by atoms with Crippen LogP contribution in [0.25, 0.3) is 10.9 Å². The van der Waals surface area contributed by atoms with Crippen molar-refractivity contribution in [2.45, 2.75) is 78.1 Å². The molecule has 184 valence electrons. The minimum Gasteiger partial charge on any atom is -0.494 e. The topological polar surface area (TPSA) is 98.2 Å². The SMILES string of the molecule is CCOc1ccc2[nH]c(=O)c(CN(C[C@@H]3CCCO3)[C@H](CC)c3nnnn3C(C)(C)C)cc2c1. The molecule has 0 saturated carbocycles. The third kappa shape index (κ3) is 5.31. The summed E-state index contributed by atoms with van der Waals surface area (Å²) in [5, 5.41) is 13.6. The van der Waals surface area contributed by atoms with Crippen LogP contribution >= 0.6 is 0 Å². The summed E-state index contributed by atoms with van der Waals surface area (Å²) in [5.74, 6) is 1.60. The molecule has 3 aromatic rings. The summed E-state index contributed by atoms with van der Waals surface area (Å²) >= 11 is 0. The van der Waals surface area contributed by atoms with E-state index in [2.05, 4.69) is 53.1 Å². The predicted octanol–water partition coefficient (Wildman–Crippen LogP) is 3.80. The predicted molar refractivity (Wildman–Crippen MR) is 131 cm³/mol. The molecule has 0 bridgehead atoms. The standard InChI is InChI=1S/C25H36N6O3/c1-6-22(23-27-28-29-31(23)25(3,4)5)30(16-20-9-8-12-34-20)15-18-13-17-14-19(33-7-2)10-11-21(17)26-24(18)32/h10-11,13-14,20,22H,6-9,12,15-16H2,1-5H3,(H,26,32)/t20-,22+/m0/s1. The molecule has 2 atom stereocenters. The van der Waals surface area contributed by atoms with E-state index in [4.69, 9.17) is 9.47 Å². The number of fused-ring (bicyclic) bond motifs is 1. The van der Waals surface area contributed by atoms with Crippen LogP contribution in [0.5, 0.6) is 5.75 Å². The maximum absolute atomic E-state index is 13.0. The lowest BCUT2D eigenvalue weighted by Gasteiger charge is -2.33. The van der Waals surface area contributed by atoms with Gasteiger partial charge >= 0.3 is 0 Å². The van der Waals surface area contributed by atoms with Gasteiger partial charge < -0.3 is 14.5 Å². The first-order valence-electron chi connectivity index (χ1n) is 12.2. The van der Waals surface area contributed by atoms with Gasteiger partial charge in [-0.3, -0.25) is 9.69 Å². The molecular weight excluding hydrogens is 432 g/mol. The number of rotatable bonds is 9. The fourth-order valence-corrected chi connectivity index (χ4v) is 4.66. The molecule has 34 heavy (non-hydrogen) atoms. The zero-order chi connectivity index (χ0) is 24.3. The van der Waals surface area contributed by atoms with Crippen molar-refractivity contribution < 1.29 is 9.47 Å². The maximum atomic E-state index is 13.0. The van der Waals surface area contributed by atoms with Crippen LogP contribution in [0.4, 0.5) is 0 Å². The molecule has 1 aliphatic rings. The quantitative estimate of drug-likeness (QED) is 0.510. The molecule has 0 unspecified atom stereocenters. The summed E-state index contributed by atoms with van der Waals surface area (Å²) in [7, 11) is 0. The van der Waals surface area contributed by atoms with Crippen LogP contribution in [0, 0.1) is 0 Å². The third-order valence-corrected chi connectivity index (χ3v) is 6.29. The maximum Gasteiger partial charge on any atom is 0.252 e. The minimum atomic E-state index is -0.252. The molecule has 9 nitrogen and oxygen atoms in total. The Kier molecular flexibility index (Phi) is 7.33. The number of H-pyrrole nitrogens is 1. The summed E-state index contributed by atoms with van der Waals surface area (Å²) in [6, 6.07) is 7.66. The molecule has 0 amide bonds. The second-order valence-electron chi connectivity index (χ2n) is 9.91. The van der Waals surface area contributed by atoms with Crippen molar-refractivity contribution in [3.63, 3.8) is 0 Å². The Hall–Kier alpha value is -2.78. The fraction of sp³-hybridized carbons (Fsp3) is 0.600. The van der Waals surface area contributed by atoms with Crippen molar-refractivity contribution in [1.82, 2.24) is 30.1 Å². The lowest BCUT2D eigenvalue weighted by molar-refractivity contribution is 0.0478. The molecule has 0 spiro atoms. The zero-order valence-corrected chi connectivity index (χ0v) is 20.9. The van der Waals surface area contributed by atoms with Crippen LogP contribution in [0.1, 0.15) is 71.3 Å².